The maximum absolute atomic E-state index is 13.3. The third kappa shape index (κ3) is 6.04. The van der Waals surface area contributed by atoms with Gasteiger partial charge in [0.15, 0.2) is 17.5 Å². The Morgan fingerprint density at radius 3 is 2.32 bits per heavy atom. The van der Waals surface area contributed by atoms with E-state index < -0.39 is 0 Å². The van der Waals surface area contributed by atoms with E-state index in [1.165, 1.54) is 6.07 Å². The third-order valence-corrected chi connectivity index (χ3v) is 4.13. The molecule has 0 saturated heterocycles. The van der Waals surface area contributed by atoms with Gasteiger partial charge in [0.1, 0.15) is 11.6 Å². The predicted octanol–water partition coefficient (Wildman–Crippen LogP) is 3.15. The highest BCUT2D eigenvalue weighted by molar-refractivity contribution is 5.79. The van der Waals surface area contributed by atoms with Crippen LogP contribution in [-0.4, -0.2) is 40.4 Å². The Balaban J connectivity index is 2.07. The minimum absolute atomic E-state index is 0.223. The Morgan fingerprint density at radius 1 is 0.964 bits per heavy atom. The highest BCUT2D eigenvalue weighted by Gasteiger charge is 2.11. The molecule has 0 aliphatic rings. The molecule has 0 saturated carbocycles. The average Bonchev–Trinajstić information content (AvgIpc) is 2.71. The molecular weight excluding hydrogens is 361 g/mol. The average molecular weight is 389 g/mol. The zero-order valence-corrected chi connectivity index (χ0v) is 16.8. The van der Waals surface area contributed by atoms with Crippen LogP contribution in [0.25, 0.3) is 0 Å². The number of aliphatic imine (C=N–C) groups is 1. The fourth-order valence-corrected chi connectivity index (χ4v) is 2.74. The maximum atomic E-state index is 13.3. The monoisotopic (exact) mass is 389 g/mol. The normalized spacial score (nSPS) is 11.1. The van der Waals surface area contributed by atoms with Crippen molar-refractivity contribution in [2.24, 2.45) is 4.99 Å². The van der Waals surface area contributed by atoms with Crippen molar-refractivity contribution in [1.29, 1.82) is 0 Å². The van der Waals surface area contributed by atoms with E-state index in [0.29, 0.717) is 42.7 Å². The molecule has 6 nitrogen and oxygen atoms in total. The molecule has 0 aromatic heterocycles. The molecule has 0 heterocycles. The first-order valence-corrected chi connectivity index (χ1v) is 9.16. The van der Waals surface area contributed by atoms with Crippen LogP contribution in [0.4, 0.5) is 4.39 Å². The molecule has 28 heavy (non-hydrogen) atoms. The minimum atomic E-state index is -0.223. The molecule has 2 rings (SSSR count). The number of methoxy groups -OCH3 is 3. The summed E-state index contributed by atoms with van der Waals surface area (Å²) in [7, 11) is 4.78. The van der Waals surface area contributed by atoms with Crippen LogP contribution < -0.4 is 24.8 Å². The van der Waals surface area contributed by atoms with Gasteiger partial charge in [-0.25, -0.2) is 9.38 Å². The van der Waals surface area contributed by atoms with Crippen LogP contribution in [0.3, 0.4) is 0 Å². The second-order valence-electron chi connectivity index (χ2n) is 6.02. The standard InChI is InChI=1S/C21H28FN3O3/c1-5-23-21(24-10-9-15-7-6-8-17(22)11-15)25-14-16-12-19(27-3)20(28-4)13-18(16)26-2/h6-8,11-13H,5,9-10,14H2,1-4H3,(H2,23,24,25). The predicted molar refractivity (Wildman–Crippen MR) is 109 cm³/mol. The molecule has 0 atom stereocenters. The van der Waals surface area contributed by atoms with Gasteiger partial charge in [-0.05, 0) is 37.1 Å². The van der Waals surface area contributed by atoms with Crippen molar-refractivity contribution in [3.63, 3.8) is 0 Å². The summed E-state index contributed by atoms with van der Waals surface area (Å²) >= 11 is 0. The van der Waals surface area contributed by atoms with Crippen LogP contribution in [-0.2, 0) is 13.0 Å². The van der Waals surface area contributed by atoms with E-state index in [1.54, 1.807) is 39.5 Å². The van der Waals surface area contributed by atoms with Crippen LogP contribution in [0, 0.1) is 5.82 Å². The van der Waals surface area contributed by atoms with Crippen LogP contribution in [0.2, 0.25) is 0 Å². The first-order valence-electron chi connectivity index (χ1n) is 9.16. The summed E-state index contributed by atoms with van der Waals surface area (Å²) in [6, 6.07) is 10.3. The molecule has 0 amide bonds. The van der Waals surface area contributed by atoms with Crippen molar-refractivity contribution in [1.82, 2.24) is 10.6 Å². The number of benzene rings is 2. The van der Waals surface area contributed by atoms with E-state index in [9.17, 15) is 4.39 Å². The van der Waals surface area contributed by atoms with Crippen LogP contribution >= 0.6 is 0 Å². The van der Waals surface area contributed by atoms with Gasteiger partial charge in [-0.2, -0.15) is 0 Å². The second-order valence-corrected chi connectivity index (χ2v) is 6.02. The van der Waals surface area contributed by atoms with Gasteiger partial charge in [-0.1, -0.05) is 12.1 Å². The SMILES string of the molecule is CCNC(=NCc1cc(OC)c(OC)cc1OC)NCCc1cccc(F)c1. The van der Waals surface area contributed by atoms with E-state index in [1.807, 2.05) is 19.1 Å². The molecule has 2 aromatic carbocycles. The highest BCUT2D eigenvalue weighted by Crippen LogP contribution is 2.34. The molecule has 0 radical (unpaired) electrons. The fourth-order valence-electron chi connectivity index (χ4n) is 2.74. The molecule has 0 aliphatic heterocycles. The summed E-state index contributed by atoms with van der Waals surface area (Å²) in [6.45, 7) is 3.77. The number of guanidine groups is 1. The first kappa shape index (κ1) is 21.3. The Bertz CT molecular complexity index is 796. The molecule has 152 valence electrons. The number of nitrogens with zero attached hydrogens (tertiary/aromatic N) is 1. The van der Waals surface area contributed by atoms with Gasteiger partial charge in [0.25, 0.3) is 0 Å². The molecule has 0 unspecified atom stereocenters. The zero-order valence-electron chi connectivity index (χ0n) is 16.8. The largest absolute Gasteiger partial charge is 0.496 e. The lowest BCUT2D eigenvalue weighted by molar-refractivity contribution is 0.347. The third-order valence-electron chi connectivity index (χ3n) is 4.13. The van der Waals surface area contributed by atoms with E-state index >= 15 is 0 Å². The Labute approximate surface area is 165 Å². The highest BCUT2D eigenvalue weighted by atomic mass is 19.1. The van der Waals surface area contributed by atoms with E-state index in [0.717, 1.165) is 17.7 Å². The quantitative estimate of drug-likeness (QED) is 0.510. The molecule has 2 aromatic rings. The molecule has 0 bridgehead atoms. The van der Waals surface area contributed by atoms with Crippen molar-refractivity contribution in [2.45, 2.75) is 19.9 Å². The molecule has 0 fully saturated rings. The maximum Gasteiger partial charge on any atom is 0.191 e. The van der Waals surface area contributed by atoms with E-state index in [4.69, 9.17) is 14.2 Å². The molecular formula is C21H28FN3O3. The zero-order chi connectivity index (χ0) is 20.4. The smallest absolute Gasteiger partial charge is 0.191 e. The molecule has 0 spiro atoms. The van der Waals surface area contributed by atoms with E-state index in [2.05, 4.69) is 15.6 Å². The number of ether oxygens (including phenoxy) is 3. The van der Waals surface area contributed by atoms with Crippen LogP contribution in [0.5, 0.6) is 17.2 Å². The van der Waals surface area contributed by atoms with E-state index in [-0.39, 0.29) is 5.82 Å². The van der Waals surface area contributed by atoms with Crippen molar-refractivity contribution >= 4 is 5.96 Å². The summed E-state index contributed by atoms with van der Waals surface area (Å²) in [4.78, 5) is 4.62. The number of rotatable bonds is 9. The summed E-state index contributed by atoms with van der Waals surface area (Å²) in [6.07, 6.45) is 0.696. The van der Waals surface area contributed by atoms with Crippen molar-refractivity contribution in [3.05, 3.63) is 53.3 Å². The summed E-state index contributed by atoms with van der Waals surface area (Å²) in [5.41, 5.74) is 1.81. The molecule has 2 N–H and O–H groups in total. The molecule has 0 aliphatic carbocycles. The van der Waals surface area contributed by atoms with Gasteiger partial charge < -0.3 is 24.8 Å². The topological polar surface area (TPSA) is 64.1 Å². The van der Waals surface area contributed by atoms with Crippen molar-refractivity contribution < 1.29 is 18.6 Å². The Kier molecular flexibility index (Phi) is 8.39. The fraction of sp³-hybridized carbons (Fsp3) is 0.381. The minimum Gasteiger partial charge on any atom is -0.496 e. The van der Waals surface area contributed by atoms with Gasteiger partial charge >= 0.3 is 0 Å². The van der Waals surface area contributed by atoms with Crippen LogP contribution in [0.15, 0.2) is 41.4 Å². The van der Waals surface area contributed by atoms with Crippen molar-refractivity contribution in [2.75, 3.05) is 34.4 Å². The summed E-state index contributed by atoms with van der Waals surface area (Å²) < 4.78 is 29.4. The van der Waals surface area contributed by atoms with Gasteiger partial charge in [0.2, 0.25) is 0 Å². The number of hydrogen-bond donors (Lipinski definition) is 2. The first-order chi connectivity index (χ1) is 13.6. The summed E-state index contributed by atoms with van der Waals surface area (Å²) in [5, 5.41) is 6.47. The number of halogens is 1. The van der Waals surface area contributed by atoms with Crippen LogP contribution in [0.1, 0.15) is 18.1 Å². The second kappa shape index (κ2) is 11.0. The lowest BCUT2D eigenvalue weighted by atomic mass is 10.1. The van der Waals surface area contributed by atoms with Gasteiger partial charge in [0.05, 0.1) is 27.9 Å². The molecule has 7 heteroatoms. The Morgan fingerprint density at radius 2 is 1.68 bits per heavy atom. The lowest BCUT2D eigenvalue weighted by Crippen LogP contribution is -2.38. The Hall–Kier alpha value is -2.96. The number of nitrogens with one attached hydrogen (secondary N) is 2. The van der Waals surface area contributed by atoms with Gasteiger partial charge in [-0.3, -0.25) is 0 Å². The summed E-state index contributed by atoms with van der Waals surface area (Å²) in [5.74, 6) is 2.36. The number of hydrogen-bond acceptors (Lipinski definition) is 4. The van der Waals surface area contributed by atoms with Gasteiger partial charge in [-0.15, -0.1) is 0 Å². The lowest BCUT2D eigenvalue weighted by Gasteiger charge is -2.14. The van der Waals surface area contributed by atoms with Crippen molar-refractivity contribution in [3.8, 4) is 17.2 Å². The van der Waals surface area contributed by atoms with Gasteiger partial charge in [0, 0.05) is 24.7 Å².